The lowest BCUT2D eigenvalue weighted by Gasteiger charge is -2.29. The summed E-state index contributed by atoms with van der Waals surface area (Å²) in [4.78, 5) is 0. The van der Waals surface area contributed by atoms with E-state index in [0.717, 1.165) is 24.8 Å². The Morgan fingerprint density at radius 3 is 2.63 bits per heavy atom. The van der Waals surface area contributed by atoms with Crippen molar-refractivity contribution < 1.29 is 18.6 Å². The van der Waals surface area contributed by atoms with Crippen molar-refractivity contribution in [1.29, 1.82) is 0 Å². The fourth-order valence-electron chi connectivity index (χ4n) is 2.93. The highest BCUT2D eigenvalue weighted by molar-refractivity contribution is 7.89. The van der Waals surface area contributed by atoms with Gasteiger partial charge in [0, 0.05) is 6.07 Å². The van der Waals surface area contributed by atoms with Crippen molar-refractivity contribution in [1.82, 2.24) is 0 Å². The molecule has 0 aromatic heterocycles. The predicted octanol–water partition coefficient (Wildman–Crippen LogP) is 1.66. The van der Waals surface area contributed by atoms with Crippen molar-refractivity contribution in [3.05, 3.63) is 23.8 Å². The summed E-state index contributed by atoms with van der Waals surface area (Å²) in [6.45, 7) is 0. The fourth-order valence-corrected chi connectivity index (χ4v) is 3.89. The van der Waals surface area contributed by atoms with Gasteiger partial charge in [0.25, 0.3) is 0 Å². The molecule has 2 atom stereocenters. The molecule has 106 valence electrons. The molecule has 5 nitrogen and oxygen atoms in total. The minimum atomic E-state index is -3.45. The van der Waals surface area contributed by atoms with Crippen LogP contribution in [0, 0.1) is 5.92 Å². The first-order valence-electron chi connectivity index (χ1n) is 6.37. The third kappa shape index (κ3) is 3.84. The highest BCUT2D eigenvalue weighted by atomic mass is 32.2. The van der Waals surface area contributed by atoms with Crippen LogP contribution in [-0.4, -0.2) is 24.4 Å². The molecule has 0 bridgehead atoms. The van der Waals surface area contributed by atoms with Crippen molar-refractivity contribution in [3.8, 4) is 11.5 Å². The minimum Gasteiger partial charge on any atom is -0.508 e. The number of nitrogens with two attached hydrogens (primary N) is 1. The van der Waals surface area contributed by atoms with E-state index in [1.807, 2.05) is 0 Å². The maximum absolute atomic E-state index is 11.1. The van der Waals surface area contributed by atoms with Crippen LogP contribution in [0.3, 0.4) is 0 Å². The van der Waals surface area contributed by atoms with Gasteiger partial charge in [-0.15, -0.1) is 0 Å². The van der Waals surface area contributed by atoms with Crippen LogP contribution in [0.25, 0.3) is 0 Å². The van der Waals surface area contributed by atoms with Crippen LogP contribution < -0.4 is 5.14 Å². The van der Waals surface area contributed by atoms with Crippen LogP contribution in [0.4, 0.5) is 0 Å². The molecule has 1 aromatic carbocycles. The van der Waals surface area contributed by atoms with Gasteiger partial charge in [-0.25, -0.2) is 13.6 Å². The number of phenolic OH excluding ortho intramolecular Hbond substituents is 2. The first kappa shape index (κ1) is 14.1. The molecule has 0 radical (unpaired) electrons. The van der Waals surface area contributed by atoms with E-state index in [-0.39, 0.29) is 29.1 Å². The number of sulfonamides is 1. The van der Waals surface area contributed by atoms with Gasteiger partial charge in [-0.1, -0.05) is 12.5 Å². The average Bonchev–Trinajstić information content (AvgIpc) is 2.26. The standard InChI is InChI=1S/C13H19NO4S/c14-19(17,18)8-9-2-1-3-10(6-9)12-5-4-11(15)7-13(12)16/h4-5,7,9-10,15-16H,1-3,6,8H2,(H2,14,17,18). The second kappa shape index (κ2) is 5.38. The Bertz CT molecular complexity index is 556. The number of phenols is 2. The van der Waals surface area contributed by atoms with E-state index in [4.69, 9.17) is 5.14 Å². The Hall–Kier alpha value is -1.27. The first-order chi connectivity index (χ1) is 8.85. The van der Waals surface area contributed by atoms with E-state index in [9.17, 15) is 18.6 Å². The normalized spacial score (nSPS) is 24.3. The molecule has 1 aromatic rings. The topological polar surface area (TPSA) is 101 Å². The van der Waals surface area contributed by atoms with Crippen LogP contribution >= 0.6 is 0 Å². The SMILES string of the molecule is NS(=O)(=O)CC1CCCC(c2ccc(O)cc2O)C1. The molecule has 6 heteroatoms. The Kier molecular flexibility index (Phi) is 4.01. The first-order valence-corrected chi connectivity index (χ1v) is 8.09. The van der Waals surface area contributed by atoms with Gasteiger partial charge < -0.3 is 10.2 Å². The van der Waals surface area contributed by atoms with Gasteiger partial charge in [0.2, 0.25) is 10.0 Å². The second-order valence-corrected chi connectivity index (χ2v) is 6.96. The monoisotopic (exact) mass is 285 g/mol. The zero-order chi connectivity index (χ0) is 14.0. The highest BCUT2D eigenvalue weighted by Gasteiger charge is 2.27. The van der Waals surface area contributed by atoms with Crippen LogP contribution in [0.5, 0.6) is 11.5 Å². The van der Waals surface area contributed by atoms with Gasteiger partial charge in [0.15, 0.2) is 0 Å². The molecule has 1 aliphatic rings. The molecular formula is C13H19NO4S. The summed E-state index contributed by atoms with van der Waals surface area (Å²) >= 11 is 0. The quantitative estimate of drug-likeness (QED) is 0.786. The van der Waals surface area contributed by atoms with Crippen LogP contribution in [0.1, 0.15) is 37.2 Å². The van der Waals surface area contributed by atoms with Crippen LogP contribution in [-0.2, 0) is 10.0 Å². The zero-order valence-electron chi connectivity index (χ0n) is 10.6. The number of rotatable bonds is 3. The highest BCUT2D eigenvalue weighted by Crippen LogP contribution is 2.40. The number of primary sulfonamides is 1. The van der Waals surface area contributed by atoms with E-state index < -0.39 is 10.0 Å². The predicted molar refractivity (Wildman–Crippen MR) is 72.4 cm³/mol. The van der Waals surface area contributed by atoms with Gasteiger partial charge in [0.1, 0.15) is 11.5 Å². The van der Waals surface area contributed by atoms with Crippen molar-refractivity contribution in [3.63, 3.8) is 0 Å². The molecule has 0 heterocycles. The molecule has 4 N–H and O–H groups in total. The molecule has 2 unspecified atom stereocenters. The van der Waals surface area contributed by atoms with Crippen molar-refractivity contribution in [2.45, 2.75) is 31.6 Å². The summed E-state index contributed by atoms with van der Waals surface area (Å²) < 4.78 is 22.3. The van der Waals surface area contributed by atoms with Crippen molar-refractivity contribution in [2.75, 3.05) is 5.75 Å². The third-order valence-electron chi connectivity index (χ3n) is 3.70. The van der Waals surface area contributed by atoms with Crippen molar-refractivity contribution >= 4 is 10.0 Å². The third-order valence-corrected chi connectivity index (χ3v) is 4.64. The summed E-state index contributed by atoms with van der Waals surface area (Å²) in [7, 11) is -3.45. The van der Waals surface area contributed by atoms with E-state index in [1.165, 1.54) is 6.07 Å². The van der Waals surface area contributed by atoms with E-state index >= 15 is 0 Å². The van der Waals surface area contributed by atoms with Gasteiger partial charge in [-0.2, -0.15) is 0 Å². The summed E-state index contributed by atoms with van der Waals surface area (Å²) in [5.74, 6) is 0.268. The van der Waals surface area contributed by atoms with Gasteiger partial charge in [-0.3, -0.25) is 0 Å². The van der Waals surface area contributed by atoms with E-state index in [0.29, 0.717) is 6.42 Å². The van der Waals surface area contributed by atoms with Crippen LogP contribution in [0.2, 0.25) is 0 Å². The molecular weight excluding hydrogens is 266 g/mol. The lowest BCUT2D eigenvalue weighted by Crippen LogP contribution is -2.26. The number of benzene rings is 1. The molecule has 0 saturated heterocycles. The summed E-state index contributed by atoms with van der Waals surface area (Å²) in [6, 6.07) is 4.56. The summed E-state index contributed by atoms with van der Waals surface area (Å²) in [5.41, 5.74) is 0.775. The Morgan fingerprint density at radius 1 is 1.26 bits per heavy atom. The molecule has 19 heavy (non-hydrogen) atoms. The number of aromatic hydroxyl groups is 2. The summed E-state index contributed by atoms with van der Waals surface area (Å²) in [6.07, 6.45) is 3.39. The minimum absolute atomic E-state index is 0.00233. The Morgan fingerprint density at radius 2 is 2.00 bits per heavy atom. The largest absolute Gasteiger partial charge is 0.508 e. The molecule has 1 fully saturated rings. The Balaban J connectivity index is 2.12. The number of hydrogen-bond acceptors (Lipinski definition) is 4. The fraction of sp³-hybridized carbons (Fsp3) is 0.538. The smallest absolute Gasteiger partial charge is 0.209 e. The molecule has 0 spiro atoms. The van der Waals surface area contributed by atoms with Gasteiger partial charge in [-0.05, 0) is 42.7 Å². The maximum atomic E-state index is 11.1. The average molecular weight is 285 g/mol. The van der Waals surface area contributed by atoms with E-state index in [2.05, 4.69) is 0 Å². The molecule has 1 aliphatic carbocycles. The van der Waals surface area contributed by atoms with Crippen LogP contribution in [0.15, 0.2) is 18.2 Å². The summed E-state index contributed by atoms with van der Waals surface area (Å²) in [5, 5.41) is 24.2. The van der Waals surface area contributed by atoms with Gasteiger partial charge >= 0.3 is 0 Å². The molecule has 0 aliphatic heterocycles. The zero-order valence-corrected chi connectivity index (χ0v) is 11.4. The molecule has 0 amide bonds. The van der Waals surface area contributed by atoms with Gasteiger partial charge in [0.05, 0.1) is 5.75 Å². The molecule has 1 saturated carbocycles. The lowest BCUT2D eigenvalue weighted by molar-refractivity contribution is 0.336. The Labute approximate surface area is 113 Å². The lowest BCUT2D eigenvalue weighted by atomic mass is 9.78. The van der Waals surface area contributed by atoms with Crippen molar-refractivity contribution in [2.24, 2.45) is 11.1 Å². The number of hydrogen-bond donors (Lipinski definition) is 3. The van der Waals surface area contributed by atoms with E-state index in [1.54, 1.807) is 12.1 Å². The maximum Gasteiger partial charge on any atom is 0.209 e. The second-order valence-electron chi connectivity index (χ2n) is 5.30. The molecule has 2 rings (SSSR count).